The van der Waals surface area contributed by atoms with Crippen molar-refractivity contribution in [2.45, 2.75) is 25.8 Å². The van der Waals surface area contributed by atoms with Crippen molar-refractivity contribution < 1.29 is 14.7 Å². The minimum Gasteiger partial charge on any atom is -0.481 e. The number of carbonyl (C=O) groups excluding carboxylic acids is 1. The average Bonchev–Trinajstić information content (AvgIpc) is 2.85. The zero-order chi connectivity index (χ0) is 13.8. The lowest BCUT2D eigenvalue weighted by atomic mass is 10.1. The van der Waals surface area contributed by atoms with Gasteiger partial charge in [-0.15, -0.1) is 0 Å². The van der Waals surface area contributed by atoms with Crippen LogP contribution < -0.4 is 5.32 Å². The SMILES string of the molecule is CCC(CC(=O)O)NC(=O)c1cccc2[nH]ccc12. The van der Waals surface area contributed by atoms with Gasteiger partial charge in [0.15, 0.2) is 0 Å². The molecule has 1 amide bonds. The third-order valence-corrected chi connectivity index (χ3v) is 3.09. The topological polar surface area (TPSA) is 82.2 Å². The Labute approximate surface area is 110 Å². The number of rotatable bonds is 5. The summed E-state index contributed by atoms with van der Waals surface area (Å²) in [5.41, 5.74) is 1.45. The van der Waals surface area contributed by atoms with E-state index in [1.807, 2.05) is 19.1 Å². The van der Waals surface area contributed by atoms with Crippen molar-refractivity contribution in [1.82, 2.24) is 10.3 Å². The van der Waals surface area contributed by atoms with Gasteiger partial charge in [0, 0.05) is 28.7 Å². The van der Waals surface area contributed by atoms with Gasteiger partial charge in [0.05, 0.1) is 6.42 Å². The molecule has 0 bridgehead atoms. The van der Waals surface area contributed by atoms with Crippen molar-refractivity contribution in [3.8, 4) is 0 Å². The van der Waals surface area contributed by atoms with Crippen LogP contribution in [0.15, 0.2) is 30.5 Å². The van der Waals surface area contributed by atoms with Crippen molar-refractivity contribution in [3.63, 3.8) is 0 Å². The van der Waals surface area contributed by atoms with Crippen molar-refractivity contribution in [1.29, 1.82) is 0 Å². The summed E-state index contributed by atoms with van der Waals surface area (Å²) in [6, 6.07) is 6.91. The summed E-state index contributed by atoms with van der Waals surface area (Å²) in [4.78, 5) is 25.9. The van der Waals surface area contributed by atoms with Crippen molar-refractivity contribution >= 4 is 22.8 Å². The summed E-state index contributed by atoms with van der Waals surface area (Å²) in [6.45, 7) is 1.85. The molecule has 0 aliphatic carbocycles. The van der Waals surface area contributed by atoms with Crippen LogP contribution in [0.3, 0.4) is 0 Å². The number of amides is 1. The summed E-state index contributed by atoms with van der Waals surface area (Å²) in [7, 11) is 0. The standard InChI is InChI=1S/C14H16N2O3/c1-2-9(8-13(17)18)16-14(19)11-4-3-5-12-10(11)6-7-15-12/h3-7,9,15H,2,8H2,1H3,(H,16,19)(H,17,18). The predicted octanol–water partition coefficient (Wildman–Crippen LogP) is 2.15. The van der Waals surface area contributed by atoms with Crippen LogP contribution in [0, 0.1) is 0 Å². The zero-order valence-corrected chi connectivity index (χ0v) is 10.6. The van der Waals surface area contributed by atoms with Crippen molar-refractivity contribution in [2.24, 2.45) is 0 Å². The monoisotopic (exact) mass is 260 g/mol. The van der Waals surface area contributed by atoms with Gasteiger partial charge < -0.3 is 15.4 Å². The Morgan fingerprint density at radius 1 is 1.37 bits per heavy atom. The Morgan fingerprint density at radius 2 is 2.16 bits per heavy atom. The normalized spacial score (nSPS) is 12.3. The molecule has 0 spiro atoms. The number of aromatic amines is 1. The number of nitrogens with one attached hydrogen (secondary N) is 2. The Hall–Kier alpha value is -2.30. The molecular weight excluding hydrogens is 244 g/mol. The number of aliphatic carboxylic acids is 1. The maximum absolute atomic E-state index is 12.2. The molecule has 0 radical (unpaired) electrons. The highest BCUT2D eigenvalue weighted by atomic mass is 16.4. The fourth-order valence-corrected chi connectivity index (χ4v) is 2.05. The summed E-state index contributed by atoms with van der Waals surface area (Å²) in [5, 5.41) is 12.4. The molecule has 0 saturated carbocycles. The Morgan fingerprint density at radius 3 is 2.84 bits per heavy atom. The minimum atomic E-state index is -0.910. The van der Waals surface area contributed by atoms with Gasteiger partial charge in [0.25, 0.3) is 5.91 Å². The van der Waals surface area contributed by atoms with Crippen LogP contribution in [0.5, 0.6) is 0 Å². The number of hydrogen-bond acceptors (Lipinski definition) is 2. The quantitative estimate of drug-likeness (QED) is 0.770. The van der Waals surface area contributed by atoms with Crippen LogP contribution >= 0.6 is 0 Å². The van der Waals surface area contributed by atoms with Crippen molar-refractivity contribution in [3.05, 3.63) is 36.0 Å². The Bertz CT molecular complexity index is 604. The van der Waals surface area contributed by atoms with Gasteiger partial charge >= 0.3 is 5.97 Å². The van der Waals surface area contributed by atoms with Gasteiger partial charge in [-0.3, -0.25) is 9.59 Å². The molecule has 1 aromatic carbocycles. The summed E-state index contributed by atoms with van der Waals surface area (Å²) >= 11 is 0. The fraction of sp³-hybridized carbons (Fsp3) is 0.286. The molecule has 3 N–H and O–H groups in total. The molecule has 0 saturated heterocycles. The maximum Gasteiger partial charge on any atom is 0.305 e. The highest BCUT2D eigenvalue weighted by Gasteiger charge is 2.16. The van der Waals surface area contributed by atoms with Gasteiger partial charge in [-0.1, -0.05) is 13.0 Å². The van der Waals surface area contributed by atoms with E-state index in [0.717, 1.165) is 10.9 Å². The molecule has 1 atom stereocenters. The molecular formula is C14H16N2O3. The molecule has 19 heavy (non-hydrogen) atoms. The predicted molar refractivity (Wildman–Crippen MR) is 72.1 cm³/mol. The molecule has 2 rings (SSSR count). The number of carbonyl (C=O) groups is 2. The van der Waals surface area contributed by atoms with Crippen molar-refractivity contribution in [2.75, 3.05) is 0 Å². The number of H-pyrrole nitrogens is 1. The van der Waals surface area contributed by atoms with Crippen LogP contribution in [0.2, 0.25) is 0 Å². The first-order chi connectivity index (χ1) is 9.11. The van der Waals surface area contributed by atoms with E-state index < -0.39 is 5.97 Å². The summed E-state index contributed by atoms with van der Waals surface area (Å²) < 4.78 is 0. The molecule has 1 aromatic heterocycles. The van der Waals surface area contributed by atoms with Gasteiger partial charge in [-0.25, -0.2) is 0 Å². The number of carboxylic acid groups (broad SMARTS) is 1. The van der Waals surface area contributed by atoms with Gasteiger partial charge in [0.2, 0.25) is 0 Å². The second-order valence-electron chi connectivity index (χ2n) is 4.42. The lowest BCUT2D eigenvalue weighted by molar-refractivity contribution is -0.137. The molecule has 100 valence electrons. The average molecular weight is 260 g/mol. The third-order valence-electron chi connectivity index (χ3n) is 3.09. The first-order valence-corrected chi connectivity index (χ1v) is 6.20. The molecule has 1 heterocycles. The number of fused-ring (bicyclic) bond motifs is 1. The third kappa shape index (κ3) is 2.93. The Kier molecular flexibility index (Phi) is 3.85. The number of carboxylic acids is 1. The lowest BCUT2D eigenvalue weighted by Crippen LogP contribution is -2.36. The molecule has 1 unspecified atom stereocenters. The fourth-order valence-electron chi connectivity index (χ4n) is 2.05. The maximum atomic E-state index is 12.2. The number of aromatic nitrogens is 1. The number of hydrogen-bond donors (Lipinski definition) is 3. The first-order valence-electron chi connectivity index (χ1n) is 6.20. The second-order valence-corrected chi connectivity index (χ2v) is 4.42. The van der Waals surface area contributed by atoms with E-state index in [0.29, 0.717) is 12.0 Å². The summed E-state index contributed by atoms with van der Waals surface area (Å²) in [5.74, 6) is -1.15. The number of benzene rings is 1. The van der Waals surface area contributed by atoms with Crippen LogP contribution in [-0.2, 0) is 4.79 Å². The van der Waals surface area contributed by atoms with Gasteiger partial charge in [-0.05, 0) is 24.6 Å². The van der Waals surface area contributed by atoms with Gasteiger partial charge in [-0.2, -0.15) is 0 Å². The van der Waals surface area contributed by atoms with E-state index in [-0.39, 0.29) is 18.4 Å². The van der Waals surface area contributed by atoms with E-state index in [9.17, 15) is 9.59 Å². The molecule has 0 aliphatic rings. The molecule has 5 heteroatoms. The molecule has 0 fully saturated rings. The molecule has 2 aromatic rings. The zero-order valence-electron chi connectivity index (χ0n) is 10.6. The highest BCUT2D eigenvalue weighted by Crippen LogP contribution is 2.17. The van der Waals surface area contributed by atoms with E-state index in [1.54, 1.807) is 18.3 Å². The lowest BCUT2D eigenvalue weighted by Gasteiger charge is -2.15. The smallest absolute Gasteiger partial charge is 0.305 e. The summed E-state index contributed by atoms with van der Waals surface area (Å²) in [6.07, 6.45) is 2.29. The highest BCUT2D eigenvalue weighted by molar-refractivity contribution is 6.06. The van der Waals surface area contributed by atoms with Crippen LogP contribution in [0.1, 0.15) is 30.1 Å². The first kappa shape index (κ1) is 13.1. The molecule has 0 aliphatic heterocycles. The largest absolute Gasteiger partial charge is 0.481 e. The molecule has 5 nitrogen and oxygen atoms in total. The van der Waals surface area contributed by atoms with Crippen LogP contribution in [0.25, 0.3) is 10.9 Å². The minimum absolute atomic E-state index is 0.0641. The van der Waals surface area contributed by atoms with E-state index in [4.69, 9.17) is 5.11 Å². The second kappa shape index (κ2) is 5.56. The van der Waals surface area contributed by atoms with E-state index >= 15 is 0 Å². The Balaban J connectivity index is 2.19. The van der Waals surface area contributed by atoms with Gasteiger partial charge in [0.1, 0.15) is 0 Å². The van der Waals surface area contributed by atoms with E-state index in [1.165, 1.54) is 0 Å². The van der Waals surface area contributed by atoms with E-state index in [2.05, 4.69) is 10.3 Å². The van der Waals surface area contributed by atoms with Crippen LogP contribution in [-0.4, -0.2) is 28.0 Å². The van der Waals surface area contributed by atoms with Crippen LogP contribution in [0.4, 0.5) is 0 Å².